The second kappa shape index (κ2) is 19.5. The molecule has 76 heavy (non-hydrogen) atoms. The van der Waals surface area contributed by atoms with Gasteiger partial charge >= 0.3 is 0 Å². The number of fused-ring (bicyclic) bond motifs is 4. The van der Waals surface area contributed by atoms with Gasteiger partial charge in [-0.25, -0.2) is 19.9 Å². The molecule has 0 atom stereocenters. The third-order valence-electron chi connectivity index (χ3n) is 13.9. The molecule has 8 heteroatoms. The predicted octanol–water partition coefficient (Wildman–Crippen LogP) is 18.8. The number of benzene rings is 10. The highest BCUT2D eigenvalue weighted by Crippen LogP contribution is 2.54. The lowest BCUT2D eigenvalue weighted by atomic mass is 9.92. The van der Waals surface area contributed by atoms with Crippen LogP contribution in [0, 0.1) is 0 Å². The van der Waals surface area contributed by atoms with E-state index >= 15 is 0 Å². The van der Waals surface area contributed by atoms with Gasteiger partial charge in [-0.15, -0.1) is 0 Å². The molecule has 0 unspecified atom stereocenters. The summed E-state index contributed by atoms with van der Waals surface area (Å²) in [5.74, 6) is 1.19. The van der Waals surface area contributed by atoms with Crippen LogP contribution in [0.25, 0.3) is 78.9 Å². The van der Waals surface area contributed by atoms with Crippen LogP contribution in [0.1, 0.15) is 0 Å². The van der Waals surface area contributed by atoms with Gasteiger partial charge in [0.05, 0.1) is 45.5 Å². The SMILES string of the molecule is c1ccc(-c2cc(-c3ccccc3)nc(-c3cc(N4c5ccccc5Sc5ccccc54)ccc3-c3ccc(N4c5ccccc5Sc5ccccc54)cc3-c3nc(-c4ccccc4)cc(-c4ccccc4)n3)n2)cc1. The number of anilines is 6. The van der Waals surface area contributed by atoms with Crippen molar-refractivity contribution in [1.82, 2.24) is 19.9 Å². The minimum Gasteiger partial charge on any atom is -0.308 e. The Balaban J connectivity index is 1.07. The van der Waals surface area contributed by atoms with Crippen LogP contribution in [0.4, 0.5) is 34.1 Å². The highest BCUT2D eigenvalue weighted by molar-refractivity contribution is 8.00. The zero-order chi connectivity index (χ0) is 50.4. The summed E-state index contributed by atoms with van der Waals surface area (Å²) in [5.41, 5.74) is 17.3. The molecule has 2 aliphatic rings. The molecular weight excluding hydrogens is 965 g/mol. The van der Waals surface area contributed by atoms with Crippen molar-refractivity contribution >= 4 is 57.6 Å². The lowest BCUT2D eigenvalue weighted by Gasteiger charge is -2.33. The van der Waals surface area contributed by atoms with Crippen LogP contribution in [0.15, 0.2) is 287 Å². The molecule has 14 rings (SSSR count). The Bertz CT molecular complexity index is 3660. The first kappa shape index (κ1) is 45.3. The normalized spacial score (nSPS) is 12.3. The van der Waals surface area contributed by atoms with Crippen LogP contribution in [0.2, 0.25) is 0 Å². The van der Waals surface area contributed by atoms with Gasteiger partial charge < -0.3 is 9.80 Å². The van der Waals surface area contributed by atoms with Gasteiger partial charge in [0.1, 0.15) is 0 Å². The van der Waals surface area contributed by atoms with Crippen molar-refractivity contribution in [2.75, 3.05) is 9.80 Å². The molecule has 2 aromatic heterocycles. The average Bonchev–Trinajstić information content (AvgIpc) is 3.51. The summed E-state index contributed by atoms with van der Waals surface area (Å²) in [5, 5.41) is 0. The second-order valence-electron chi connectivity index (χ2n) is 18.6. The van der Waals surface area contributed by atoms with Crippen LogP contribution in [0.3, 0.4) is 0 Å². The van der Waals surface area contributed by atoms with E-state index < -0.39 is 0 Å². The molecule has 0 spiro atoms. The molecule has 0 radical (unpaired) electrons. The minimum absolute atomic E-state index is 0.597. The Morgan fingerprint density at radius 1 is 0.237 bits per heavy atom. The molecule has 6 nitrogen and oxygen atoms in total. The standard InChI is InChI=1S/C68H44N6S2/c1-5-21-45(22-6-1)55-43-56(46-23-7-2-8-24-46)70-67(69-55)53-41-49(73-59-29-13-17-33-63(59)75-64-34-18-14-30-60(64)73)37-39-51(53)52-40-38-50(74-61-31-15-19-35-65(61)76-66-36-20-16-32-62(66)74)42-54(52)68-71-57(47-25-9-3-10-26-47)44-58(72-68)48-27-11-4-12-28-48/h1-44H. The molecular formula is C68H44N6S2. The van der Waals surface area contributed by atoms with Crippen LogP contribution in [-0.4, -0.2) is 19.9 Å². The Labute approximate surface area is 450 Å². The van der Waals surface area contributed by atoms with Gasteiger partial charge in [-0.1, -0.05) is 206 Å². The first-order chi connectivity index (χ1) is 37.7. The average molecular weight is 1010 g/mol. The second-order valence-corrected chi connectivity index (χ2v) is 20.8. The van der Waals surface area contributed by atoms with E-state index in [0.717, 1.165) is 101 Å². The van der Waals surface area contributed by atoms with E-state index in [-0.39, 0.29) is 0 Å². The fourth-order valence-corrected chi connectivity index (χ4v) is 12.4. The predicted molar refractivity (Wildman–Crippen MR) is 313 cm³/mol. The van der Waals surface area contributed by atoms with Crippen molar-refractivity contribution in [1.29, 1.82) is 0 Å². The zero-order valence-corrected chi connectivity index (χ0v) is 42.5. The molecule has 0 saturated carbocycles. The number of aromatic nitrogens is 4. The van der Waals surface area contributed by atoms with E-state index in [2.05, 4.69) is 252 Å². The molecule has 0 amide bonds. The summed E-state index contributed by atoms with van der Waals surface area (Å²) in [7, 11) is 0. The first-order valence-corrected chi connectivity index (χ1v) is 26.9. The van der Waals surface area contributed by atoms with E-state index in [1.165, 1.54) is 19.6 Å². The lowest BCUT2D eigenvalue weighted by molar-refractivity contribution is 1.15. The first-order valence-electron chi connectivity index (χ1n) is 25.3. The molecule has 0 fully saturated rings. The highest BCUT2D eigenvalue weighted by atomic mass is 32.2. The zero-order valence-electron chi connectivity index (χ0n) is 40.9. The summed E-state index contributed by atoms with van der Waals surface area (Å²) in [6, 6.07) is 93.9. The largest absolute Gasteiger partial charge is 0.308 e. The summed E-state index contributed by atoms with van der Waals surface area (Å²) < 4.78 is 0. The van der Waals surface area contributed by atoms with E-state index in [9.17, 15) is 0 Å². The van der Waals surface area contributed by atoms with Crippen molar-refractivity contribution in [2.45, 2.75) is 19.6 Å². The summed E-state index contributed by atoms with van der Waals surface area (Å²) >= 11 is 3.60. The molecule has 10 aromatic carbocycles. The Hall–Kier alpha value is -9.34. The molecule has 0 saturated heterocycles. The van der Waals surface area contributed by atoms with Gasteiger partial charge in [0, 0.05) is 64.3 Å². The monoisotopic (exact) mass is 1010 g/mol. The van der Waals surface area contributed by atoms with Crippen molar-refractivity contribution in [2.24, 2.45) is 0 Å². The quantitative estimate of drug-likeness (QED) is 0.142. The topological polar surface area (TPSA) is 58.0 Å². The fraction of sp³-hybridized carbons (Fsp3) is 0. The van der Waals surface area contributed by atoms with Gasteiger partial charge in [-0.2, -0.15) is 0 Å². The van der Waals surface area contributed by atoms with Crippen LogP contribution in [-0.2, 0) is 0 Å². The van der Waals surface area contributed by atoms with E-state index in [1.54, 1.807) is 23.5 Å². The maximum absolute atomic E-state index is 5.54. The van der Waals surface area contributed by atoms with Gasteiger partial charge in [-0.3, -0.25) is 0 Å². The fourth-order valence-electron chi connectivity index (χ4n) is 10.3. The minimum atomic E-state index is 0.597. The number of hydrogen-bond acceptors (Lipinski definition) is 8. The van der Waals surface area contributed by atoms with Crippen LogP contribution < -0.4 is 9.80 Å². The number of nitrogens with zero attached hydrogens (tertiary/aromatic N) is 6. The van der Waals surface area contributed by atoms with Crippen LogP contribution in [0.5, 0.6) is 0 Å². The van der Waals surface area contributed by atoms with E-state index in [0.29, 0.717) is 11.6 Å². The van der Waals surface area contributed by atoms with Crippen molar-refractivity contribution in [3.8, 4) is 78.9 Å². The molecule has 0 N–H and O–H groups in total. The highest BCUT2D eigenvalue weighted by Gasteiger charge is 2.29. The lowest BCUT2D eigenvalue weighted by Crippen LogP contribution is -2.15. The van der Waals surface area contributed by atoms with E-state index in [1.807, 2.05) is 24.3 Å². The Morgan fingerprint density at radius 2 is 0.500 bits per heavy atom. The molecule has 0 bridgehead atoms. The van der Waals surface area contributed by atoms with Crippen molar-refractivity contribution < 1.29 is 0 Å². The Morgan fingerprint density at radius 3 is 0.789 bits per heavy atom. The van der Waals surface area contributed by atoms with E-state index in [4.69, 9.17) is 19.9 Å². The maximum Gasteiger partial charge on any atom is 0.161 e. The van der Waals surface area contributed by atoms with Gasteiger partial charge in [0.2, 0.25) is 0 Å². The molecule has 4 heterocycles. The maximum atomic E-state index is 5.54. The molecule has 358 valence electrons. The number of hydrogen-bond donors (Lipinski definition) is 0. The summed E-state index contributed by atoms with van der Waals surface area (Å²) in [6.07, 6.45) is 0. The Kier molecular flexibility index (Phi) is 11.6. The number of para-hydroxylation sites is 4. The number of rotatable bonds is 9. The smallest absolute Gasteiger partial charge is 0.161 e. The van der Waals surface area contributed by atoms with Gasteiger partial charge in [0.25, 0.3) is 0 Å². The van der Waals surface area contributed by atoms with Crippen molar-refractivity contribution in [3.63, 3.8) is 0 Å². The molecule has 0 aliphatic carbocycles. The molecule has 2 aliphatic heterocycles. The van der Waals surface area contributed by atoms with Gasteiger partial charge in [-0.05, 0) is 96.1 Å². The molecule has 12 aromatic rings. The third kappa shape index (κ3) is 8.40. The van der Waals surface area contributed by atoms with Crippen LogP contribution >= 0.6 is 23.5 Å². The van der Waals surface area contributed by atoms with Crippen molar-refractivity contribution in [3.05, 3.63) is 267 Å². The third-order valence-corrected chi connectivity index (χ3v) is 16.2. The summed E-state index contributed by atoms with van der Waals surface area (Å²) in [4.78, 5) is 31.6. The summed E-state index contributed by atoms with van der Waals surface area (Å²) in [6.45, 7) is 0. The van der Waals surface area contributed by atoms with Gasteiger partial charge in [0.15, 0.2) is 11.6 Å².